The molecule has 1 N–H and O–H groups in total. The van der Waals surface area contributed by atoms with Crippen LogP contribution < -0.4 is 5.32 Å². The predicted molar refractivity (Wildman–Crippen MR) is 80.0 cm³/mol. The summed E-state index contributed by atoms with van der Waals surface area (Å²) in [5, 5.41) is 7.84. The van der Waals surface area contributed by atoms with E-state index < -0.39 is 0 Å². The number of hydrogen-bond acceptors (Lipinski definition) is 3. The molecule has 0 aliphatic carbocycles. The smallest absolute Gasteiger partial charge is 0.0933 e. The fraction of sp³-hybridized carbons (Fsp3) is 0.429. The lowest BCUT2D eigenvalue weighted by molar-refractivity contribution is 0.541. The minimum Gasteiger partial charge on any atom is -0.304 e. The summed E-state index contributed by atoms with van der Waals surface area (Å²) in [7, 11) is 1.95. The first-order chi connectivity index (χ1) is 9.13. The Morgan fingerprint density at radius 1 is 1.42 bits per heavy atom. The third-order valence-corrected chi connectivity index (χ3v) is 3.63. The van der Waals surface area contributed by atoms with E-state index in [9.17, 15) is 0 Å². The summed E-state index contributed by atoms with van der Waals surface area (Å²) in [6, 6.07) is 6.17. The van der Waals surface area contributed by atoms with Gasteiger partial charge in [0.1, 0.15) is 0 Å². The first-order valence-corrected chi connectivity index (χ1v) is 7.27. The van der Waals surface area contributed by atoms with Gasteiger partial charge in [0.25, 0.3) is 0 Å². The molecule has 0 aliphatic heterocycles. The molecule has 0 spiro atoms. The zero-order chi connectivity index (χ0) is 13.8. The molecule has 4 nitrogen and oxygen atoms in total. The van der Waals surface area contributed by atoms with Gasteiger partial charge in [-0.05, 0) is 48.0 Å². The fourth-order valence-electron chi connectivity index (χ4n) is 2.10. The lowest BCUT2D eigenvalue weighted by Gasteiger charge is -2.19. The highest BCUT2D eigenvalue weighted by Crippen LogP contribution is 2.27. The number of hydrogen-bond donors (Lipinski definition) is 1. The van der Waals surface area contributed by atoms with Gasteiger partial charge in [0.15, 0.2) is 0 Å². The Kier molecular flexibility index (Phi) is 4.71. The summed E-state index contributed by atoms with van der Waals surface area (Å²) < 4.78 is 2.90. The molecule has 0 aliphatic rings. The maximum absolute atomic E-state index is 4.64. The maximum Gasteiger partial charge on any atom is 0.0933 e. The van der Waals surface area contributed by atoms with E-state index in [0.717, 1.165) is 34.5 Å². The van der Waals surface area contributed by atoms with Crippen LogP contribution in [0.1, 0.15) is 36.5 Å². The zero-order valence-electron chi connectivity index (χ0n) is 11.5. The zero-order valence-corrected chi connectivity index (χ0v) is 13.1. The van der Waals surface area contributed by atoms with Crippen LogP contribution in [0.4, 0.5) is 0 Å². The van der Waals surface area contributed by atoms with Crippen LogP contribution in [0.5, 0.6) is 0 Å². The summed E-state index contributed by atoms with van der Waals surface area (Å²) in [4.78, 5) is 4.64. The Morgan fingerprint density at radius 3 is 2.79 bits per heavy atom. The Morgan fingerprint density at radius 2 is 2.21 bits per heavy atom. The molecular formula is C14H19BrN4. The number of pyridine rings is 1. The van der Waals surface area contributed by atoms with E-state index in [1.54, 1.807) is 0 Å². The van der Waals surface area contributed by atoms with Gasteiger partial charge in [-0.2, -0.15) is 5.10 Å². The Hall–Kier alpha value is -1.20. The van der Waals surface area contributed by atoms with Gasteiger partial charge in [-0.25, -0.2) is 0 Å². The molecule has 2 aromatic rings. The Balaban J connectivity index is 2.41. The van der Waals surface area contributed by atoms with Crippen molar-refractivity contribution in [1.29, 1.82) is 0 Å². The van der Waals surface area contributed by atoms with Gasteiger partial charge in [0.05, 0.1) is 28.1 Å². The standard InChI is InChI=1S/C14H19BrN4/c1-4-8-16-13(12-7-5-6-10(2)18-12)14-11(15)9-17-19(14)3/h5-7,9,13,16H,4,8H2,1-3H3. The molecule has 1 unspecified atom stereocenters. The average molecular weight is 323 g/mol. The van der Waals surface area contributed by atoms with E-state index in [1.807, 2.05) is 37.0 Å². The highest BCUT2D eigenvalue weighted by atomic mass is 79.9. The van der Waals surface area contributed by atoms with E-state index in [1.165, 1.54) is 0 Å². The molecule has 0 fully saturated rings. The highest BCUT2D eigenvalue weighted by Gasteiger charge is 2.21. The van der Waals surface area contributed by atoms with Crippen molar-refractivity contribution < 1.29 is 0 Å². The third kappa shape index (κ3) is 3.22. The number of aryl methyl sites for hydroxylation is 2. The van der Waals surface area contributed by atoms with E-state index in [0.29, 0.717) is 0 Å². The van der Waals surface area contributed by atoms with Crippen molar-refractivity contribution in [2.75, 3.05) is 6.54 Å². The maximum atomic E-state index is 4.64. The van der Waals surface area contributed by atoms with Crippen molar-refractivity contribution in [1.82, 2.24) is 20.1 Å². The SMILES string of the molecule is CCCNC(c1cccc(C)n1)c1c(Br)cnn1C. The number of halogens is 1. The van der Waals surface area contributed by atoms with Crippen molar-refractivity contribution in [2.45, 2.75) is 26.3 Å². The molecule has 1 atom stereocenters. The molecule has 19 heavy (non-hydrogen) atoms. The molecule has 5 heteroatoms. The van der Waals surface area contributed by atoms with Gasteiger partial charge in [0, 0.05) is 12.7 Å². The van der Waals surface area contributed by atoms with Crippen LogP contribution in [0.2, 0.25) is 0 Å². The monoisotopic (exact) mass is 322 g/mol. The molecule has 0 amide bonds. The molecule has 0 saturated carbocycles. The second kappa shape index (κ2) is 6.30. The third-order valence-electron chi connectivity index (χ3n) is 3.02. The summed E-state index contributed by atoms with van der Waals surface area (Å²) >= 11 is 3.57. The Bertz CT molecular complexity index is 531. The van der Waals surface area contributed by atoms with Crippen LogP contribution in [0.3, 0.4) is 0 Å². The lowest BCUT2D eigenvalue weighted by Crippen LogP contribution is -2.26. The van der Waals surface area contributed by atoms with Crippen LogP contribution in [0.15, 0.2) is 28.9 Å². The van der Waals surface area contributed by atoms with Crippen LogP contribution in [-0.4, -0.2) is 21.3 Å². The quantitative estimate of drug-likeness (QED) is 0.920. The van der Waals surface area contributed by atoms with E-state index >= 15 is 0 Å². The molecular weight excluding hydrogens is 304 g/mol. The average Bonchev–Trinajstić information content (AvgIpc) is 2.71. The largest absolute Gasteiger partial charge is 0.304 e. The van der Waals surface area contributed by atoms with Gasteiger partial charge in [0.2, 0.25) is 0 Å². The van der Waals surface area contributed by atoms with Gasteiger partial charge >= 0.3 is 0 Å². The molecule has 2 aromatic heterocycles. The van der Waals surface area contributed by atoms with Crippen molar-refractivity contribution in [3.8, 4) is 0 Å². The number of rotatable bonds is 5. The first kappa shape index (κ1) is 14.2. The molecule has 0 saturated heterocycles. The van der Waals surface area contributed by atoms with Gasteiger partial charge in [-0.1, -0.05) is 13.0 Å². The number of nitrogens with one attached hydrogen (secondary N) is 1. The van der Waals surface area contributed by atoms with Gasteiger partial charge in [-0.3, -0.25) is 9.67 Å². The van der Waals surface area contributed by atoms with Crippen LogP contribution in [0, 0.1) is 6.92 Å². The fourth-order valence-corrected chi connectivity index (χ4v) is 2.68. The summed E-state index contributed by atoms with van der Waals surface area (Å²) in [6.07, 6.45) is 2.91. The summed E-state index contributed by atoms with van der Waals surface area (Å²) in [6.45, 7) is 5.11. The van der Waals surface area contributed by atoms with Crippen molar-refractivity contribution >= 4 is 15.9 Å². The summed E-state index contributed by atoms with van der Waals surface area (Å²) in [5.41, 5.74) is 3.16. The highest BCUT2D eigenvalue weighted by molar-refractivity contribution is 9.10. The van der Waals surface area contributed by atoms with E-state index in [-0.39, 0.29) is 6.04 Å². The van der Waals surface area contributed by atoms with Crippen molar-refractivity contribution in [2.24, 2.45) is 7.05 Å². The van der Waals surface area contributed by atoms with Crippen molar-refractivity contribution in [3.05, 3.63) is 46.0 Å². The molecule has 0 aromatic carbocycles. The second-order valence-corrected chi connectivity index (χ2v) is 5.45. The molecule has 2 rings (SSSR count). The minimum absolute atomic E-state index is 0.0572. The molecule has 2 heterocycles. The Labute approximate surface area is 122 Å². The predicted octanol–water partition coefficient (Wildman–Crippen LogP) is 2.98. The van der Waals surface area contributed by atoms with Crippen LogP contribution >= 0.6 is 15.9 Å². The normalized spacial score (nSPS) is 12.6. The molecule has 0 bridgehead atoms. The second-order valence-electron chi connectivity index (χ2n) is 4.59. The molecule has 102 valence electrons. The topological polar surface area (TPSA) is 42.7 Å². The van der Waals surface area contributed by atoms with Gasteiger partial charge < -0.3 is 5.32 Å². The minimum atomic E-state index is 0.0572. The van der Waals surface area contributed by atoms with Gasteiger partial charge in [-0.15, -0.1) is 0 Å². The number of nitrogens with zero attached hydrogens (tertiary/aromatic N) is 3. The van der Waals surface area contributed by atoms with Crippen LogP contribution in [-0.2, 0) is 7.05 Å². The first-order valence-electron chi connectivity index (χ1n) is 6.47. The summed E-state index contributed by atoms with van der Waals surface area (Å²) in [5.74, 6) is 0. The number of aromatic nitrogens is 3. The molecule has 0 radical (unpaired) electrons. The van der Waals surface area contributed by atoms with E-state index in [4.69, 9.17) is 0 Å². The van der Waals surface area contributed by atoms with Crippen LogP contribution in [0.25, 0.3) is 0 Å². The van der Waals surface area contributed by atoms with E-state index in [2.05, 4.69) is 44.3 Å². The van der Waals surface area contributed by atoms with Crippen molar-refractivity contribution in [3.63, 3.8) is 0 Å². The lowest BCUT2D eigenvalue weighted by atomic mass is 10.1.